The molecule has 0 bridgehead atoms. The first kappa shape index (κ1) is 8.74. The molecule has 0 amide bonds. The molecule has 0 atom stereocenters. The molecule has 0 saturated carbocycles. The van der Waals surface area contributed by atoms with Gasteiger partial charge in [-0.15, -0.1) is 0 Å². The van der Waals surface area contributed by atoms with Crippen LogP contribution in [0, 0.1) is 10.5 Å². The van der Waals surface area contributed by atoms with Crippen molar-refractivity contribution in [3.05, 3.63) is 25.0 Å². The minimum absolute atomic E-state index is 0.526. The van der Waals surface area contributed by atoms with Gasteiger partial charge >= 0.3 is 0 Å². The molecule has 0 unspecified atom stereocenters. The van der Waals surface area contributed by atoms with E-state index in [4.69, 9.17) is 11.6 Å². The van der Waals surface area contributed by atoms with Gasteiger partial charge in [-0.2, -0.15) is 0 Å². The van der Waals surface area contributed by atoms with E-state index < -0.39 is 0 Å². The molecule has 4 heteroatoms. The third-order valence-corrected chi connectivity index (χ3v) is 3.73. The second kappa shape index (κ2) is 3.36. The summed E-state index contributed by atoms with van der Waals surface area (Å²) in [6.07, 6.45) is 1.75. The lowest BCUT2D eigenvalue weighted by Gasteiger charge is -2.00. The van der Waals surface area contributed by atoms with Gasteiger partial charge in [-0.05, 0) is 51.0 Å². The molecule has 0 aliphatic heterocycles. The van der Waals surface area contributed by atoms with Crippen molar-refractivity contribution in [2.45, 2.75) is 6.92 Å². The number of rotatable bonds is 0. The summed E-state index contributed by atoms with van der Waals surface area (Å²) < 4.78 is 2.01. The van der Waals surface area contributed by atoms with E-state index >= 15 is 0 Å². The molecular formula is C6H4BrClIN. The molecule has 1 aromatic heterocycles. The maximum Gasteiger partial charge on any atom is 0.143 e. The van der Waals surface area contributed by atoms with Crippen LogP contribution in [-0.4, -0.2) is 4.98 Å². The van der Waals surface area contributed by atoms with Crippen molar-refractivity contribution in [1.82, 2.24) is 4.98 Å². The number of pyridine rings is 1. The highest BCUT2D eigenvalue weighted by Gasteiger charge is 2.03. The third kappa shape index (κ3) is 1.62. The standard InChI is InChI=1S/C6H4BrClIN/c1-3-4(9)2-10-6(8)5(3)7/h2H,1H3. The van der Waals surface area contributed by atoms with Crippen LogP contribution >= 0.6 is 50.1 Å². The molecular weight excluding hydrogens is 328 g/mol. The largest absolute Gasteiger partial charge is 0.242 e. The Morgan fingerprint density at radius 3 is 2.80 bits per heavy atom. The summed E-state index contributed by atoms with van der Waals surface area (Å²) in [5, 5.41) is 0.526. The van der Waals surface area contributed by atoms with Crippen molar-refractivity contribution in [3.8, 4) is 0 Å². The molecule has 1 aromatic rings. The van der Waals surface area contributed by atoms with Gasteiger partial charge in [0.1, 0.15) is 5.15 Å². The van der Waals surface area contributed by atoms with E-state index in [-0.39, 0.29) is 0 Å². The summed E-state index contributed by atoms with van der Waals surface area (Å²) in [7, 11) is 0. The van der Waals surface area contributed by atoms with Crippen LogP contribution in [0.25, 0.3) is 0 Å². The van der Waals surface area contributed by atoms with Crippen LogP contribution in [-0.2, 0) is 0 Å². The molecule has 0 aromatic carbocycles. The summed E-state index contributed by atoms with van der Waals surface area (Å²) >= 11 is 11.3. The summed E-state index contributed by atoms with van der Waals surface area (Å²) in [6.45, 7) is 2.00. The fourth-order valence-corrected chi connectivity index (χ4v) is 1.81. The van der Waals surface area contributed by atoms with Gasteiger partial charge in [0.05, 0.1) is 4.47 Å². The maximum absolute atomic E-state index is 5.72. The molecule has 10 heavy (non-hydrogen) atoms. The fraction of sp³-hybridized carbons (Fsp3) is 0.167. The number of aromatic nitrogens is 1. The van der Waals surface area contributed by atoms with Crippen molar-refractivity contribution in [1.29, 1.82) is 0 Å². The van der Waals surface area contributed by atoms with Gasteiger partial charge in [-0.3, -0.25) is 0 Å². The summed E-state index contributed by atoms with van der Waals surface area (Å²) in [5.74, 6) is 0. The second-order valence-corrected chi connectivity index (χ2v) is 4.15. The minimum Gasteiger partial charge on any atom is -0.242 e. The van der Waals surface area contributed by atoms with E-state index in [9.17, 15) is 0 Å². The first-order valence-electron chi connectivity index (χ1n) is 2.59. The Labute approximate surface area is 86.4 Å². The summed E-state index contributed by atoms with van der Waals surface area (Å²) in [6, 6.07) is 0. The van der Waals surface area contributed by atoms with Crippen LogP contribution in [0.1, 0.15) is 5.56 Å². The SMILES string of the molecule is Cc1c(I)cnc(Cl)c1Br. The zero-order valence-corrected chi connectivity index (χ0v) is 9.66. The zero-order chi connectivity index (χ0) is 7.72. The van der Waals surface area contributed by atoms with Crippen LogP contribution in [0.15, 0.2) is 10.7 Å². The van der Waals surface area contributed by atoms with E-state index in [1.165, 1.54) is 0 Å². The van der Waals surface area contributed by atoms with Crippen LogP contribution in [0.5, 0.6) is 0 Å². The predicted molar refractivity (Wildman–Crippen MR) is 54.4 cm³/mol. The van der Waals surface area contributed by atoms with E-state index in [1.54, 1.807) is 6.20 Å². The monoisotopic (exact) mass is 331 g/mol. The second-order valence-electron chi connectivity index (χ2n) is 1.84. The van der Waals surface area contributed by atoms with E-state index in [2.05, 4.69) is 43.5 Å². The Bertz CT molecular complexity index is 237. The molecule has 0 saturated heterocycles. The number of hydrogen-bond acceptors (Lipinski definition) is 1. The number of hydrogen-bond donors (Lipinski definition) is 0. The lowest BCUT2D eigenvalue weighted by atomic mass is 10.3. The van der Waals surface area contributed by atoms with E-state index in [1.807, 2.05) is 6.92 Å². The molecule has 0 radical (unpaired) electrons. The molecule has 0 aliphatic rings. The van der Waals surface area contributed by atoms with Gasteiger partial charge in [0, 0.05) is 9.77 Å². The highest BCUT2D eigenvalue weighted by atomic mass is 127. The van der Waals surface area contributed by atoms with Gasteiger partial charge in [0.2, 0.25) is 0 Å². The Morgan fingerprint density at radius 2 is 2.30 bits per heavy atom. The number of halogens is 3. The Kier molecular flexibility index (Phi) is 2.94. The summed E-state index contributed by atoms with van der Waals surface area (Å²) in [4.78, 5) is 3.95. The molecule has 0 spiro atoms. The van der Waals surface area contributed by atoms with Gasteiger partial charge < -0.3 is 0 Å². The summed E-state index contributed by atoms with van der Waals surface area (Å²) in [5.41, 5.74) is 1.14. The average Bonchev–Trinajstić information content (AvgIpc) is 1.93. The van der Waals surface area contributed by atoms with Crippen molar-refractivity contribution < 1.29 is 0 Å². The molecule has 0 aliphatic carbocycles. The normalized spacial score (nSPS) is 10.0. The van der Waals surface area contributed by atoms with E-state index in [0.717, 1.165) is 13.6 Å². The molecule has 54 valence electrons. The van der Waals surface area contributed by atoms with Crippen molar-refractivity contribution >= 4 is 50.1 Å². The van der Waals surface area contributed by atoms with Gasteiger partial charge in [0.15, 0.2) is 0 Å². The highest BCUT2D eigenvalue weighted by Crippen LogP contribution is 2.26. The smallest absolute Gasteiger partial charge is 0.143 e. The molecule has 1 rings (SSSR count). The van der Waals surface area contributed by atoms with Crippen LogP contribution in [0.3, 0.4) is 0 Å². The van der Waals surface area contributed by atoms with E-state index in [0.29, 0.717) is 5.15 Å². The van der Waals surface area contributed by atoms with Crippen LogP contribution in [0.2, 0.25) is 5.15 Å². The molecule has 0 N–H and O–H groups in total. The predicted octanol–water partition coefficient (Wildman–Crippen LogP) is 3.41. The first-order chi connectivity index (χ1) is 4.63. The lowest BCUT2D eigenvalue weighted by Crippen LogP contribution is -1.85. The zero-order valence-electron chi connectivity index (χ0n) is 5.16. The fourth-order valence-electron chi connectivity index (χ4n) is 0.526. The Morgan fingerprint density at radius 1 is 1.70 bits per heavy atom. The first-order valence-corrected chi connectivity index (χ1v) is 4.84. The third-order valence-electron chi connectivity index (χ3n) is 1.16. The van der Waals surface area contributed by atoms with Gasteiger partial charge in [-0.1, -0.05) is 11.6 Å². The highest BCUT2D eigenvalue weighted by molar-refractivity contribution is 14.1. The van der Waals surface area contributed by atoms with Crippen molar-refractivity contribution in [3.63, 3.8) is 0 Å². The molecule has 0 fully saturated rings. The maximum atomic E-state index is 5.72. The van der Waals surface area contributed by atoms with Crippen LogP contribution in [0.4, 0.5) is 0 Å². The average molecular weight is 332 g/mol. The topological polar surface area (TPSA) is 12.9 Å². The molecule has 1 nitrogen and oxygen atoms in total. The minimum atomic E-state index is 0.526. The van der Waals surface area contributed by atoms with Gasteiger partial charge in [-0.25, -0.2) is 4.98 Å². The van der Waals surface area contributed by atoms with Crippen molar-refractivity contribution in [2.75, 3.05) is 0 Å². The number of nitrogens with zero attached hydrogens (tertiary/aromatic N) is 1. The quantitative estimate of drug-likeness (QED) is 0.524. The van der Waals surface area contributed by atoms with Gasteiger partial charge in [0.25, 0.3) is 0 Å². The molecule has 1 heterocycles. The van der Waals surface area contributed by atoms with Crippen LogP contribution < -0.4 is 0 Å². The Balaban J connectivity index is 3.34. The van der Waals surface area contributed by atoms with Crippen molar-refractivity contribution in [2.24, 2.45) is 0 Å². The Hall–Kier alpha value is 0.650. The lowest BCUT2D eigenvalue weighted by molar-refractivity contribution is 1.23.